The fourth-order valence-corrected chi connectivity index (χ4v) is 9.22. The number of para-hydroxylation sites is 2. The second-order valence-electron chi connectivity index (χ2n) is 14.9. The van der Waals surface area contributed by atoms with E-state index >= 15 is 0 Å². The van der Waals surface area contributed by atoms with E-state index in [1.807, 2.05) is 6.07 Å². The van der Waals surface area contributed by atoms with E-state index in [0.717, 1.165) is 33.6 Å². The normalized spacial score (nSPS) is 13.2. The number of hydrogen-bond acceptors (Lipinski definition) is 2. The summed E-state index contributed by atoms with van der Waals surface area (Å²) in [6.07, 6.45) is 0. The molecule has 0 N–H and O–H groups in total. The second-order valence-corrected chi connectivity index (χ2v) is 14.9. The van der Waals surface area contributed by atoms with Crippen LogP contribution in [0.3, 0.4) is 0 Å². The van der Waals surface area contributed by atoms with Gasteiger partial charge in [-0.1, -0.05) is 135 Å². The molecule has 1 aromatic heterocycles. The summed E-state index contributed by atoms with van der Waals surface area (Å²) < 4.78 is 6.37. The van der Waals surface area contributed by atoms with Crippen LogP contribution in [0.25, 0.3) is 76.5 Å². The molecule has 2 heteroatoms. The van der Waals surface area contributed by atoms with Gasteiger partial charge >= 0.3 is 0 Å². The van der Waals surface area contributed by atoms with Gasteiger partial charge in [-0.25, -0.2) is 0 Å². The fraction of sp³-hybridized carbons (Fsp3) is 0.0588. The smallest absolute Gasteiger partial charge is 0.136 e. The molecule has 0 spiro atoms. The molecule has 0 saturated carbocycles. The lowest BCUT2D eigenvalue weighted by molar-refractivity contribution is 0.660. The molecular weight excluding hydrogens is 643 g/mol. The predicted octanol–water partition coefficient (Wildman–Crippen LogP) is 14.5. The van der Waals surface area contributed by atoms with E-state index in [9.17, 15) is 0 Å². The summed E-state index contributed by atoms with van der Waals surface area (Å²) in [5.41, 5.74) is 13.0. The number of hydrogen-bond donors (Lipinski definition) is 0. The first-order valence-corrected chi connectivity index (χ1v) is 18.4. The molecule has 53 heavy (non-hydrogen) atoms. The Morgan fingerprint density at radius 1 is 0.377 bits per heavy atom. The van der Waals surface area contributed by atoms with Gasteiger partial charge in [0.05, 0.1) is 0 Å². The average Bonchev–Trinajstić information content (AvgIpc) is 3.70. The molecule has 0 radical (unpaired) electrons. The number of nitrogens with zero attached hydrogens (tertiary/aromatic N) is 1. The van der Waals surface area contributed by atoms with Gasteiger partial charge in [-0.3, -0.25) is 0 Å². The van der Waals surface area contributed by atoms with Gasteiger partial charge in [-0.15, -0.1) is 0 Å². The molecule has 0 saturated heterocycles. The summed E-state index contributed by atoms with van der Waals surface area (Å²) in [6, 6.07) is 64.2. The molecule has 2 nitrogen and oxygen atoms in total. The SMILES string of the molecule is CC1(C)c2ccccc2-c2ccc(N(c3ccccc3)c3cccc(-c4cccc5c6ccc7oc8ccccc8c7c6c6ccccc6c45)c3)cc21. The van der Waals surface area contributed by atoms with Crippen molar-refractivity contribution in [2.24, 2.45) is 0 Å². The summed E-state index contributed by atoms with van der Waals surface area (Å²) >= 11 is 0. The first kappa shape index (κ1) is 30.0. The van der Waals surface area contributed by atoms with Crippen molar-refractivity contribution >= 4 is 71.3 Å². The van der Waals surface area contributed by atoms with Gasteiger partial charge in [0.2, 0.25) is 0 Å². The van der Waals surface area contributed by atoms with Crippen molar-refractivity contribution in [3.63, 3.8) is 0 Å². The summed E-state index contributed by atoms with van der Waals surface area (Å²) in [5.74, 6) is 0. The van der Waals surface area contributed by atoms with Crippen LogP contribution in [-0.4, -0.2) is 0 Å². The van der Waals surface area contributed by atoms with E-state index in [2.05, 4.69) is 189 Å². The van der Waals surface area contributed by atoms with E-state index in [-0.39, 0.29) is 5.41 Å². The number of fused-ring (bicyclic) bond motifs is 13. The topological polar surface area (TPSA) is 16.4 Å². The largest absolute Gasteiger partial charge is 0.456 e. The van der Waals surface area contributed by atoms with Gasteiger partial charge in [0.25, 0.3) is 0 Å². The van der Waals surface area contributed by atoms with Crippen LogP contribution in [0.4, 0.5) is 17.1 Å². The monoisotopic (exact) mass is 677 g/mol. The zero-order valence-electron chi connectivity index (χ0n) is 29.6. The highest BCUT2D eigenvalue weighted by Crippen LogP contribution is 2.51. The zero-order valence-corrected chi connectivity index (χ0v) is 29.6. The maximum atomic E-state index is 6.37. The minimum atomic E-state index is -0.0900. The van der Waals surface area contributed by atoms with Crippen molar-refractivity contribution in [3.05, 3.63) is 187 Å². The molecule has 1 heterocycles. The number of anilines is 3. The molecule has 1 aliphatic rings. The van der Waals surface area contributed by atoms with Crippen LogP contribution in [0.2, 0.25) is 0 Å². The highest BCUT2D eigenvalue weighted by atomic mass is 16.3. The Kier molecular flexibility index (Phi) is 6.33. The number of benzene rings is 9. The minimum absolute atomic E-state index is 0.0900. The van der Waals surface area contributed by atoms with E-state index in [4.69, 9.17) is 4.42 Å². The molecule has 1 aliphatic carbocycles. The third kappa shape index (κ3) is 4.33. The lowest BCUT2D eigenvalue weighted by Gasteiger charge is -2.28. The zero-order chi connectivity index (χ0) is 35.3. The van der Waals surface area contributed by atoms with Gasteiger partial charge in [-0.2, -0.15) is 0 Å². The fourth-order valence-electron chi connectivity index (χ4n) is 9.22. The van der Waals surface area contributed by atoms with Crippen LogP contribution in [0, 0.1) is 0 Å². The molecule has 10 aromatic rings. The number of furan rings is 1. The van der Waals surface area contributed by atoms with Crippen LogP contribution < -0.4 is 4.90 Å². The van der Waals surface area contributed by atoms with Crippen molar-refractivity contribution in [1.82, 2.24) is 0 Å². The average molecular weight is 678 g/mol. The molecular formula is C51H35NO. The maximum absolute atomic E-state index is 6.37. The Morgan fingerprint density at radius 3 is 1.83 bits per heavy atom. The first-order chi connectivity index (χ1) is 26.1. The van der Waals surface area contributed by atoms with Crippen LogP contribution in [0.5, 0.6) is 0 Å². The van der Waals surface area contributed by atoms with Crippen molar-refractivity contribution in [3.8, 4) is 22.3 Å². The summed E-state index contributed by atoms with van der Waals surface area (Å²) in [5, 5.41) is 9.82. The Hall–Kier alpha value is -6.64. The van der Waals surface area contributed by atoms with Crippen molar-refractivity contribution in [2.75, 3.05) is 4.90 Å². The van der Waals surface area contributed by atoms with E-state index in [1.165, 1.54) is 71.1 Å². The van der Waals surface area contributed by atoms with E-state index in [0.29, 0.717) is 0 Å². The standard InChI is InChI=1S/C51H35NO/c1-51(2)44-24-10-8-18-37(44)38-27-26-35(31-45(38)51)52(33-15-4-3-5-16-33)34-17-12-14-32(30-34)36-22-13-23-40-42-28-29-47-50(43-21-9-11-25-46(43)53-47)49(42)41-20-7-6-19-39(41)48(36)40/h3-31H,1-2H3. The lowest BCUT2D eigenvalue weighted by atomic mass is 9.82. The van der Waals surface area contributed by atoms with Crippen molar-refractivity contribution < 1.29 is 4.42 Å². The molecule has 0 fully saturated rings. The van der Waals surface area contributed by atoms with Gasteiger partial charge in [0, 0.05) is 38.6 Å². The molecule has 11 rings (SSSR count). The Bertz CT molecular complexity index is 3060. The molecule has 0 aliphatic heterocycles. The maximum Gasteiger partial charge on any atom is 0.136 e. The molecule has 0 atom stereocenters. The Labute approximate surface area is 308 Å². The highest BCUT2D eigenvalue weighted by Gasteiger charge is 2.35. The molecule has 250 valence electrons. The summed E-state index contributed by atoms with van der Waals surface area (Å²) in [4.78, 5) is 2.40. The van der Waals surface area contributed by atoms with Crippen LogP contribution in [0.1, 0.15) is 25.0 Å². The van der Waals surface area contributed by atoms with Crippen molar-refractivity contribution in [2.45, 2.75) is 19.3 Å². The summed E-state index contributed by atoms with van der Waals surface area (Å²) in [7, 11) is 0. The van der Waals surface area contributed by atoms with Gasteiger partial charge in [0.15, 0.2) is 0 Å². The highest BCUT2D eigenvalue weighted by molar-refractivity contribution is 6.36. The van der Waals surface area contributed by atoms with Gasteiger partial charge in [-0.05, 0) is 115 Å². The van der Waals surface area contributed by atoms with E-state index in [1.54, 1.807) is 0 Å². The summed E-state index contributed by atoms with van der Waals surface area (Å²) in [6.45, 7) is 4.70. The van der Waals surface area contributed by atoms with Crippen molar-refractivity contribution in [1.29, 1.82) is 0 Å². The molecule has 0 amide bonds. The van der Waals surface area contributed by atoms with Crippen LogP contribution >= 0.6 is 0 Å². The third-order valence-corrected chi connectivity index (χ3v) is 11.6. The molecule has 0 unspecified atom stereocenters. The first-order valence-electron chi connectivity index (χ1n) is 18.4. The molecule has 0 bridgehead atoms. The third-order valence-electron chi connectivity index (χ3n) is 11.6. The minimum Gasteiger partial charge on any atom is -0.456 e. The predicted molar refractivity (Wildman–Crippen MR) is 224 cm³/mol. The van der Waals surface area contributed by atoms with Gasteiger partial charge in [0.1, 0.15) is 11.2 Å². The van der Waals surface area contributed by atoms with Crippen LogP contribution in [-0.2, 0) is 5.41 Å². The Morgan fingerprint density at radius 2 is 0.981 bits per heavy atom. The van der Waals surface area contributed by atoms with Crippen LogP contribution in [0.15, 0.2) is 180 Å². The molecule has 9 aromatic carbocycles. The second kappa shape index (κ2) is 11.2. The van der Waals surface area contributed by atoms with Gasteiger partial charge < -0.3 is 9.32 Å². The van der Waals surface area contributed by atoms with E-state index < -0.39 is 0 Å². The quantitative estimate of drug-likeness (QED) is 0.172. The Balaban J connectivity index is 1.14. The lowest BCUT2D eigenvalue weighted by Crippen LogP contribution is -2.16. The number of rotatable bonds is 4.